The molecular weight excluding hydrogens is 248 g/mol. The first-order valence-corrected chi connectivity index (χ1v) is 7.14. The first-order valence-electron chi connectivity index (χ1n) is 7.14. The van der Waals surface area contributed by atoms with Crippen LogP contribution in [0.5, 0.6) is 5.75 Å². The molecule has 0 saturated carbocycles. The van der Waals surface area contributed by atoms with Gasteiger partial charge >= 0.3 is 0 Å². The number of pyridine rings is 1. The Morgan fingerprint density at radius 2 is 1.95 bits per heavy atom. The number of nitrogens with zero attached hydrogens (tertiary/aromatic N) is 1. The van der Waals surface area contributed by atoms with Gasteiger partial charge in [-0.15, -0.1) is 0 Å². The van der Waals surface area contributed by atoms with Gasteiger partial charge in [0.15, 0.2) is 0 Å². The van der Waals surface area contributed by atoms with Gasteiger partial charge in [-0.05, 0) is 36.4 Å². The summed E-state index contributed by atoms with van der Waals surface area (Å²) in [5, 5.41) is 4.57. The SMILES string of the molecule is CCNCc1cc(C(C)(C)C)nc2ccc(OC)cc12. The number of ether oxygens (including phenoxy) is 1. The fourth-order valence-corrected chi connectivity index (χ4v) is 2.19. The first kappa shape index (κ1) is 14.8. The van der Waals surface area contributed by atoms with Gasteiger partial charge in [-0.2, -0.15) is 0 Å². The van der Waals surface area contributed by atoms with Crippen LogP contribution in [0.2, 0.25) is 0 Å². The van der Waals surface area contributed by atoms with Gasteiger partial charge in [0.1, 0.15) is 5.75 Å². The second kappa shape index (κ2) is 5.80. The Balaban J connectivity index is 2.61. The fourth-order valence-electron chi connectivity index (χ4n) is 2.19. The molecule has 108 valence electrons. The molecule has 1 aromatic heterocycles. The molecule has 1 heterocycles. The summed E-state index contributed by atoms with van der Waals surface area (Å²) in [6.45, 7) is 10.5. The van der Waals surface area contributed by atoms with Gasteiger partial charge in [-0.1, -0.05) is 27.7 Å². The van der Waals surface area contributed by atoms with E-state index >= 15 is 0 Å². The van der Waals surface area contributed by atoms with E-state index < -0.39 is 0 Å². The Hall–Kier alpha value is -1.61. The molecule has 0 radical (unpaired) electrons. The van der Waals surface area contributed by atoms with Crippen LogP contribution >= 0.6 is 0 Å². The summed E-state index contributed by atoms with van der Waals surface area (Å²) in [7, 11) is 1.70. The fraction of sp³-hybridized carbons (Fsp3) is 0.471. The van der Waals surface area contributed by atoms with Crippen LogP contribution in [-0.4, -0.2) is 18.6 Å². The van der Waals surface area contributed by atoms with Crippen molar-refractivity contribution >= 4 is 10.9 Å². The molecule has 0 saturated heterocycles. The number of rotatable bonds is 4. The molecule has 0 aliphatic heterocycles. The van der Waals surface area contributed by atoms with E-state index in [1.165, 1.54) is 10.9 Å². The highest BCUT2D eigenvalue weighted by molar-refractivity contribution is 5.84. The Morgan fingerprint density at radius 3 is 2.55 bits per heavy atom. The molecular formula is C17H24N2O. The number of hydrogen-bond donors (Lipinski definition) is 1. The van der Waals surface area contributed by atoms with Crippen molar-refractivity contribution in [3.63, 3.8) is 0 Å². The van der Waals surface area contributed by atoms with Gasteiger partial charge < -0.3 is 10.1 Å². The highest BCUT2D eigenvalue weighted by atomic mass is 16.5. The lowest BCUT2D eigenvalue weighted by molar-refractivity contribution is 0.415. The monoisotopic (exact) mass is 272 g/mol. The van der Waals surface area contributed by atoms with E-state index in [0.29, 0.717) is 0 Å². The number of aromatic nitrogens is 1. The van der Waals surface area contributed by atoms with Crippen molar-refractivity contribution in [2.45, 2.75) is 39.7 Å². The van der Waals surface area contributed by atoms with Crippen LogP contribution in [0.4, 0.5) is 0 Å². The molecule has 0 aliphatic rings. The second-order valence-electron chi connectivity index (χ2n) is 6.08. The molecule has 0 amide bonds. The topological polar surface area (TPSA) is 34.2 Å². The summed E-state index contributed by atoms with van der Waals surface area (Å²) >= 11 is 0. The lowest BCUT2D eigenvalue weighted by atomic mass is 9.90. The van der Waals surface area contributed by atoms with Crippen LogP contribution in [-0.2, 0) is 12.0 Å². The summed E-state index contributed by atoms with van der Waals surface area (Å²) in [6, 6.07) is 8.30. The molecule has 0 atom stereocenters. The molecule has 0 bridgehead atoms. The highest BCUT2D eigenvalue weighted by Crippen LogP contribution is 2.28. The largest absolute Gasteiger partial charge is 0.497 e. The molecule has 0 spiro atoms. The average molecular weight is 272 g/mol. The molecule has 0 fully saturated rings. The Bertz CT molecular complexity index is 600. The standard InChI is InChI=1S/C17H24N2O/c1-6-18-11-12-9-16(17(2,3)4)19-15-8-7-13(20-5)10-14(12)15/h7-10,18H,6,11H2,1-5H3. The zero-order chi connectivity index (χ0) is 14.8. The van der Waals surface area contributed by atoms with E-state index in [1.807, 2.05) is 12.1 Å². The zero-order valence-electron chi connectivity index (χ0n) is 13.1. The predicted octanol–water partition coefficient (Wildman–Crippen LogP) is 3.65. The second-order valence-corrected chi connectivity index (χ2v) is 6.08. The minimum Gasteiger partial charge on any atom is -0.497 e. The quantitative estimate of drug-likeness (QED) is 0.922. The van der Waals surface area contributed by atoms with Gasteiger partial charge in [0.05, 0.1) is 12.6 Å². The normalized spacial score (nSPS) is 11.8. The Morgan fingerprint density at radius 1 is 1.20 bits per heavy atom. The highest BCUT2D eigenvalue weighted by Gasteiger charge is 2.18. The zero-order valence-corrected chi connectivity index (χ0v) is 13.1. The molecule has 0 aliphatic carbocycles. The summed E-state index contributed by atoms with van der Waals surface area (Å²) in [4.78, 5) is 4.81. The van der Waals surface area contributed by atoms with E-state index in [1.54, 1.807) is 7.11 Å². The van der Waals surface area contributed by atoms with Gasteiger partial charge in [0.2, 0.25) is 0 Å². The third-order valence-electron chi connectivity index (χ3n) is 3.44. The molecule has 3 heteroatoms. The number of methoxy groups -OCH3 is 1. The summed E-state index contributed by atoms with van der Waals surface area (Å²) in [5.74, 6) is 0.876. The van der Waals surface area contributed by atoms with Crippen molar-refractivity contribution in [2.75, 3.05) is 13.7 Å². The molecule has 20 heavy (non-hydrogen) atoms. The molecule has 2 aromatic rings. The maximum absolute atomic E-state index is 5.33. The first-order chi connectivity index (χ1) is 9.45. The third kappa shape index (κ3) is 3.10. The smallest absolute Gasteiger partial charge is 0.119 e. The van der Waals surface area contributed by atoms with E-state index in [0.717, 1.165) is 30.0 Å². The number of hydrogen-bond acceptors (Lipinski definition) is 3. The van der Waals surface area contributed by atoms with Crippen molar-refractivity contribution in [3.05, 3.63) is 35.5 Å². The maximum atomic E-state index is 5.33. The minimum atomic E-state index is 0.0507. The molecule has 3 nitrogen and oxygen atoms in total. The number of benzene rings is 1. The lowest BCUT2D eigenvalue weighted by Crippen LogP contribution is -2.17. The van der Waals surface area contributed by atoms with E-state index in [-0.39, 0.29) is 5.41 Å². The van der Waals surface area contributed by atoms with E-state index in [4.69, 9.17) is 9.72 Å². The van der Waals surface area contributed by atoms with Crippen molar-refractivity contribution in [2.24, 2.45) is 0 Å². The Kier molecular flexibility index (Phi) is 4.29. The maximum Gasteiger partial charge on any atom is 0.119 e. The predicted molar refractivity (Wildman–Crippen MR) is 84.4 cm³/mol. The van der Waals surface area contributed by atoms with Gasteiger partial charge in [0.25, 0.3) is 0 Å². The summed E-state index contributed by atoms with van der Waals surface area (Å²) in [5.41, 5.74) is 3.49. The minimum absolute atomic E-state index is 0.0507. The lowest BCUT2D eigenvalue weighted by Gasteiger charge is -2.20. The van der Waals surface area contributed by atoms with Gasteiger partial charge in [-0.25, -0.2) is 0 Å². The van der Waals surface area contributed by atoms with E-state index in [9.17, 15) is 0 Å². The molecule has 1 aromatic carbocycles. The van der Waals surface area contributed by atoms with E-state index in [2.05, 4.69) is 45.1 Å². The van der Waals surface area contributed by atoms with Gasteiger partial charge in [-0.3, -0.25) is 4.98 Å². The van der Waals surface area contributed by atoms with Crippen molar-refractivity contribution in [3.8, 4) is 5.75 Å². The number of fused-ring (bicyclic) bond motifs is 1. The van der Waals surface area contributed by atoms with Crippen molar-refractivity contribution in [1.82, 2.24) is 10.3 Å². The van der Waals surface area contributed by atoms with Crippen molar-refractivity contribution in [1.29, 1.82) is 0 Å². The van der Waals surface area contributed by atoms with Crippen LogP contribution in [0.25, 0.3) is 10.9 Å². The van der Waals surface area contributed by atoms with Crippen LogP contribution < -0.4 is 10.1 Å². The van der Waals surface area contributed by atoms with Crippen LogP contribution in [0.1, 0.15) is 39.0 Å². The number of nitrogens with one attached hydrogen (secondary N) is 1. The third-order valence-corrected chi connectivity index (χ3v) is 3.44. The van der Waals surface area contributed by atoms with Crippen LogP contribution in [0, 0.1) is 0 Å². The summed E-state index contributed by atoms with van der Waals surface area (Å²) < 4.78 is 5.33. The molecule has 0 unspecified atom stereocenters. The van der Waals surface area contributed by atoms with Crippen LogP contribution in [0.15, 0.2) is 24.3 Å². The molecule has 2 rings (SSSR count). The average Bonchev–Trinajstić information content (AvgIpc) is 2.42. The van der Waals surface area contributed by atoms with Crippen molar-refractivity contribution < 1.29 is 4.74 Å². The summed E-state index contributed by atoms with van der Waals surface area (Å²) in [6.07, 6.45) is 0. The molecule has 1 N–H and O–H groups in total. The Labute approximate surface area is 121 Å². The van der Waals surface area contributed by atoms with Gasteiger partial charge in [0, 0.05) is 23.0 Å². The van der Waals surface area contributed by atoms with Crippen LogP contribution in [0.3, 0.4) is 0 Å².